The Hall–Kier alpha value is -2.28. The lowest BCUT2D eigenvalue weighted by molar-refractivity contribution is 0.557. The molecule has 130 valence electrons. The number of hydrogen-bond acceptors (Lipinski definition) is 5. The second-order valence-corrected chi connectivity index (χ2v) is 6.68. The summed E-state index contributed by atoms with van der Waals surface area (Å²) < 4.78 is 16.5. The van der Waals surface area contributed by atoms with Gasteiger partial charge in [-0.15, -0.1) is 10.2 Å². The van der Waals surface area contributed by atoms with E-state index in [9.17, 15) is 4.39 Å². The van der Waals surface area contributed by atoms with Gasteiger partial charge < -0.3 is 4.57 Å². The van der Waals surface area contributed by atoms with Crippen LogP contribution in [-0.4, -0.2) is 24.7 Å². The quantitative estimate of drug-likeness (QED) is 0.616. The van der Waals surface area contributed by atoms with Crippen molar-refractivity contribution in [1.29, 1.82) is 0 Å². The normalized spacial score (nSPS) is 11.0. The van der Waals surface area contributed by atoms with E-state index in [1.807, 2.05) is 36.6 Å². The SMILES string of the molecule is CCCn1c(Sc2ncnc(CC)c2F)nnc1-c1cccc(C)c1. The summed E-state index contributed by atoms with van der Waals surface area (Å²) in [5, 5.41) is 9.54. The summed E-state index contributed by atoms with van der Waals surface area (Å²) >= 11 is 1.19. The highest BCUT2D eigenvalue weighted by Crippen LogP contribution is 2.31. The minimum atomic E-state index is -0.377. The Bertz CT molecular complexity index is 878. The first-order valence-electron chi connectivity index (χ1n) is 8.31. The third-order valence-corrected chi connectivity index (χ3v) is 4.76. The van der Waals surface area contributed by atoms with Crippen LogP contribution in [0, 0.1) is 12.7 Å². The van der Waals surface area contributed by atoms with E-state index >= 15 is 0 Å². The van der Waals surface area contributed by atoms with Crippen molar-refractivity contribution in [2.75, 3.05) is 0 Å². The van der Waals surface area contributed by atoms with Crippen LogP contribution in [0.25, 0.3) is 11.4 Å². The van der Waals surface area contributed by atoms with Crippen LogP contribution in [0.15, 0.2) is 40.8 Å². The Morgan fingerprint density at radius 1 is 1.16 bits per heavy atom. The monoisotopic (exact) mass is 357 g/mol. The fraction of sp³-hybridized carbons (Fsp3) is 0.333. The van der Waals surface area contributed by atoms with Gasteiger partial charge in [0.15, 0.2) is 16.8 Å². The van der Waals surface area contributed by atoms with Crippen LogP contribution >= 0.6 is 11.8 Å². The molecule has 0 saturated carbocycles. The summed E-state index contributed by atoms with van der Waals surface area (Å²) in [6, 6.07) is 8.13. The zero-order valence-electron chi connectivity index (χ0n) is 14.5. The Labute approximate surface area is 150 Å². The van der Waals surface area contributed by atoms with E-state index in [-0.39, 0.29) is 10.8 Å². The van der Waals surface area contributed by atoms with E-state index in [0.717, 1.165) is 29.9 Å². The second kappa shape index (κ2) is 7.74. The molecule has 0 N–H and O–H groups in total. The van der Waals surface area contributed by atoms with Crippen molar-refractivity contribution in [3.8, 4) is 11.4 Å². The van der Waals surface area contributed by atoms with Crippen LogP contribution in [-0.2, 0) is 13.0 Å². The van der Waals surface area contributed by atoms with E-state index in [1.165, 1.54) is 18.1 Å². The lowest BCUT2D eigenvalue weighted by Gasteiger charge is -2.09. The molecule has 0 unspecified atom stereocenters. The molecule has 0 aliphatic carbocycles. The number of halogens is 1. The standard InChI is InChI=1S/C18H20FN5S/c1-4-9-24-16(13-8-6-7-12(3)10-13)22-23-18(24)25-17-15(19)14(5-2)20-11-21-17/h6-8,10-11H,4-5,9H2,1-3H3. The van der Waals surface area contributed by atoms with Crippen molar-refractivity contribution in [2.45, 2.75) is 50.3 Å². The van der Waals surface area contributed by atoms with Gasteiger partial charge in [-0.25, -0.2) is 14.4 Å². The molecule has 0 saturated heterocycles. The third kappa shape index (κ3) is 3.71. The first-order valence-corrected chi connectivity index (χ1v) is 9.13. The molecule has 0 radical (unpaired) electrons. The molecule has 0 spiro atoms. The smallest absolute Gasteiger partial charge is 0.197 e. The molecule has 0 bridgehead atoms. The van der Waals surface area contributed by atoms with Crippen molar-refractivity contribution in [2.24, 2.45) is 0 Å². The predicted octanol–water partition coefficient (Wildman–Crippen LogP) is 4.31. The van der Waals surface area contributed by atoms with E-state index in [0.29, 0.717) is 17.3 Å². The van der Waals surface area contributed by atoms with E-state index in [2.05, 4.69) is 33.2 Å². The van der Waals surface area contributed by atoms with Crippen LogP contribution in [0.2, 0.25) is 0 Å². The molecule has 0 atom stereocenters. The van der Waals surface area contributed by atoms with Crippen LogP contribution in [0.1, 0.15) is 31.5 Å². The topological polar surface area (TPSA) is 56.5 Å². The van der Waals surface area contributed by atoms with Crippen LogP contribution in [0.3, 0.4) is 0 Å². The molecule has 1 aromatic carbocycles. The second-order valence-electron chi connectivity index (χ2n) is 5.72. The van der Waals surface area contributed by atoms with Crippen molar-refractivity contribution in [3.63, 3.8) is 0 Å². The lowest BCUT2D eigenvalue weighted by atomic mass is 10.1. The minimum Gasteiger partial charge on any atom is -0.302 e. The molecular formula is C18H20FN5S. The van der Waals surface area contributed by atoms with E-state index < -0.39 is 0 Å². The van der Waals surface area contributed by atoms with E-state index in [4.69, 9.17) is 0 Å². The van der Waals surface area contributed by atoms with Crippen molar-refractivity contribution in [1.82, 2.24) is 24.7 Å². The summed E-state index contributed by atoms with van der Waals surface area (Å²) in [6.45, 7) is 6.76. The Morgan fingerprint density at radius 2 is 2.00 bits per heavy atom. The molecule has 2 heterocycles. The highest BCUT2D eigenvalue weighted by atomic mass is 32.2. The third-order valence-electron chi connectivity index (χ3n) is 3.79. The van der Waals surface area contributed by atoms with Gasteiger partial charge in [0.25, 0.3) is 0 Å². The summed E-state index contributed by atoms with van der Waals surface area (Å²) in [5.74, 6) is 0.413. The number of benzene rings is 1. The average molecular weight is 357 g/mol. The van der Waals surface area contributed by atoms with Crippen molar-refractivity contribution < 1.29 is 4.39 Å². The molecule has 0 fully saturated rings. The fourth-order valence-electron chi connectivity index (χ4n) is 2.58. The molecule has 3 aromatic rings. The lowest BCUT2D eigenvalue weighted by Crippen LogP contribution is -2.03. The summed E-state index contributed by atoms with van der Waals surface area (Å²) in [7, 11) is 0. The van der Waals surface area contributed by atoms with Crippen molar-refractivity contribution >= 4 is 11.8 Å². The van der Waals surface area contributed by atoms with Gasteiger partial charge in [-0.1, -0.05) is 37.6 Å². The van der Waals surface area contributed by atoms with Crippen LogP contribution < -0.4 is 0 Å². The van der Waals surface area contributed by atoms with Crippen molar-refractivity contribution in [3.05, 3.63) is 47.7 Å². The largest absolute Gasteiger partial charge is 0.302 e. The summed E-state index contributed by atoms with van der Waals surface area (Å²) in [5.41, 5.74) is 2.58. The van der Waals surface area contributed by atoms with Gasteiger partial charge in [0.1, 0.15) is 11.4 Å². The first kappa shape index (κ1) is 17.5. The maximum atomic E-state index is 14.5. The fourth-order valence-corrected chi connectivity index (χ4v) is 3.43. The number of aromatic nitrogens is 5. The number of aryl methyl sites for hydroxylation is 2. The Balaban J connectivity index is 2.00. The highest BCUT2D eigenvalue weighted by molar-refractivity contribution is 7.99. The molecule has 3 rings (SSSR count). The average Bonchev–Trinajstić information content (AvgIpc) is 3.00. The molecule has 7 heteroatoms. The number of rotatable bonds is 6. The van der Waals surface area contributed by atoms with Gasteiger partial charge in [-0.2, -0.15) is 0 Å². The van der Waals surface area contributed by atoms with Gasteiger partial charge in [0, 0.05) is 12.1 Å². The highest BCUT2D eigenvalue weighted by Gasteiger charge is 2.18. The number of hydrogen-bond donors (Lipinski definition) is 0. The molecular weight excluding hydrogens is 337 g/mol. The number of nitrogens with zero attached hydrogens (tertiary/aromatic N) is 5. The molecule has 0 aliphatic rings. The van der Waals surface area contributed by atoms with Gasteiger partial charge in [-0.3, -0.25) is 0 Å². The maximum Gasteiger partial charge on any atom is 0.197 e. The van der Waals surface area contributed by atoms with Gasteiger partial charge in [0.05, 0.1) is 5.69 Å². The zero-order valence-corrected chi connectivity index (χ0v) is 15.3. The minimum absolute atomic E-state index is 0.285. The molecule has 25 heavy (non-hydrogen) atoms. The summed E-state index contributed by atoms with van der Waals surface area (Å²) in [6.07, 6.45) is 2.85. The summed E-state index contributed by atoms with van der Waals surface area (Å²) in [4.78, 5) is 8.05. The molecule has 2 aromatic heterocycles. The maximum absolute atomic E-state index is 14.5. The first-order chi connectivity index (χ1) is 12.1. The van der Waals surface area contributed by atoms with Crippen LogP contribution in [0.4, 0.5) is 4.39 Å². The van der Waals surface area contributed by atoms with E-state index in [1.54, 1.807) is 0 Å². The predicted molar refractivity (Wildman–Crippen MR) is 96.0 cm³/mol. The Kier molecular flexibility index (Phi) is 5.43. The zero-order chi connectivity index (χ0) is 17.8. The Morgan fingerprint density at radius 3 is 2.72 bits per heavy atom. The van der Waals surface area contributed by atoms with Gasteiger partial charge in [-0.05, 0) is 37.6 Å². The molecule has 0 amide bonds. The molecule has 0 aliphatic heterocycles. The van der Waals surface area contributed by atoms with Crippen LogP contribution in [0.5, 0.6) is 0 Å². The van der Waals surface area contributed by atoms with Gasteiger partial charge in [0.2, 0.25) is 0 Å². The molecule has 5 nitrogen and oxygen atoms in total. The van der Waals surface area contributed by atoms with Gasteiger partial charge >= 0.3 is 0 Å².